The Balaban J connectivity index is 1.08. The van der Waals surface area contributed by atoms with E-state index < -0.39 is 0 Å². The molecular formula is C22H33N3O2. The summed E-state index contributed by atoms with van der Waals surface area (Å²) in [5, 5.41) is 3.17. The third-order valence-corrected chi connectivity index (χ3v) is 9.16. The third kappa shape index (κ3) is 2.87. The number of carbonyl (C=O) groups is 1. The van der Waals surface area contributed by atoms with Gasteiger partial charge in [0.15, 0.2) is 0 Å². The van der Waals surface area contributed by atoms with Crippen LogP contribution in [0, 0.1) is 47.3 Å². The highest BCUT2D eigenvalue weighted by Gasteiger charge is 2.50. The molecule has 27 heavy (non-hydrogen) atoms. The fourth-order valence-electron chi connectivity index (χ4n) is 8.70. The maximum atomic E-state index is 12.5. The SMILES string of the molecule is NC(=NC1C2CC3CC(C2)CC1C3)OC(=O)NC1C2CC3CC(C2)CC1C3. The molecular weight excluding hydrogens is 338 g/mol. The Morgan fingerprint density at radius 2 is 1.19 bits per heavy atom. The normalized spacial score (nSPS) is 52.2. The molecule has 0 unspecified atom stereocenters. The first kappa shape index (κ1) is 16.7. The fraction of sp³-hybridized carbons (Fsp3) is 0.909. The Morgan fingerprint density at radius 1 is 0.741 bits per heavy atom. The van der Waals surface area contributed by atoms with E-state index in [4.69, 9.17) is 15.5 Å². The maximum Gasteiger partial charge on any atom is 0.415 e. The summed E-state index contributed by atoms with van der Waals surface area (Å²) >= 11 is 0. The Morgan fingerprint density at radius 3 is 1.67 bits per heavy atom. The van der Waals surface area contributed by atoms with E-state index >= 15 is 0 Å². The molecule has 5 heteroatoms. The van der Waals surface area contributed by atoms with Crippen molar-refractivity contribution in [3.8, 4) is 0 Å². The molecule has 8 rings (SSSR count). The Kier molecular flexibility index (Phi) is 3.78. The van der Waals surface area contributed by atoms with Gasteiger partial charge in [-0.15, -0.1) is 0 Å². The van der Waals surface area contributed by atoms with E-state index in [9.17, 15) is 4.79 Å². The molecule has 0 saturated heterocycles. The Hall–Kier alpha value is -1.26. The van der Waals surface area contributed by atoms with Gasteiger partial charge in [0.1, 0.15) is 0 Å². The number of hydrogen-bond donors (Lipinski definition) is 2. The van der Waals surface area contributed by atoms with Crippen LogP contribution >= 0.6 is 0 Å². The summed E-state index contributed by atoms with van der Waals surface area (Å²) in [7, 11) is 0. The van der Waals surface area contributed by atoms with Crippen molar-refractivity contribution in [2.75, 3.05) is 0 Å². The molecule has 8 bridgehead atoms. The Labute approximate surface area is 161 Å². The highest BCUT2D eigenvalue weighted by molar-refractivity contribution is 5.85. The van der Waals surface area contributed by atoms with Crippen molar-refractivity contribution >= 4 is 12.1 Å². The summed E-state index contributed by atoms with van der Waals surface area (Å²) < 4.78 is 5.44. The molecule has 0 radical (unpaired) electrons. The molecule has 0 aromatic carbocycles. The lowest BCUT2D eigenvalue weighted by molar-refractivity contribution is -0.0118. The number of carbonyl (C=O) groups excluding carboxylic acids is 1. The number of alkyl carbamates (subject to hydrolysis) is 1. The number of nitrogens with two attached hydrogens (primary N) is 1. The maximum absolute atomic E-state index is 12.5. The van der Waals surface area contributed by atoms with Gasteiger partial charge in [0, 0.05) is 6.04 Å². The lowest BCUT2D eigenvalue weighted by Gasteiger charge is -2.54. The number of amidine groups is 1. The second-order valence-corrected chi connectivity index (χ2v) is 10.9. The number of hydrogen-bond acceptors (Lipinski definition) is 3. The standard InChI is InChI=1S/C22H33N3O2/c23-21(24-19-15-3-11-1-12(5-15)6-16(19)4-11)27-22(26)25-20-17-7-13-2-14(9-17)10-18(20)8-13/h11-20H,1-10H2,(H2,23,24)(H,25,26). The summed E-state index contributed by atoms with van der Waals surface area (Å²) in [5.41, 5.74) is 6.07. The van der Waals surface area contributed by atoms with E-state index in [1.807, 2.05) is 0 Å². The molecule has 3 N–H and O–H groups in total. The first-order valence-corrected chi connectivity index (χ1v) is 11.4. The molecule has 8 fully saturated rings. The van der Waals surface area contributed by atoms with Gasteiger partial charge >= 0.3 is 6.09 Å². The molecule has 5 nitrogen and oxygen atoms in total. The minimum Gasteiger partial charge on any atom is -0.376 e. The molecule has 148 valence electrons. The van der Waals surface area contributed by atoms with E-state index in [1.54, 1.807) is 0 Å². The van der Waals surface area contributed by atoms with Gasteiger partial charge < -0.3 is 15.8 Å². The number of aliphatic imine (C=N–C) groups is 1. The van der Waals surface area contributed by atoms with Gasteiger partial charge in [0.2, 0.25) is 0 Å². The highest BCUT2D eigenvalue weighted by Crippen LogP contribution is 2.55. The average Bonchev–Trinajstić information content (AvgIpc) is 2.60. The lowest BCUT2D eigenvalue weighted by atomic mass is 9.54. The number of rotatable bonds is 2. The van der Waals surface area contributed by atoms with Gasteiger partial charge in [0.25, 0.3) is 6.02 Å². The van der Waals surface area contributed by atoms with Gasteiger partial charge in [0.05, 0.1) is 6.04 Å². The first-order chi connectivity index (χ1) is 13.1. The van der Waals surface area contributed by atoms with Crippen molar-refractivity contribution in [2.45, 2.75) is 76.3 Å². The molecule has 0 atom stereocenters. The zero-order valence-electron chi connectivity index (χ0n) is 16.2. The molecule has 0 heterocycles. The number of nitrogens with one attached hydrogen (secondary N) is 1. The van der Waals surface area contributed by atoms with Gasteiger partial charge in [-0.2, -0.15) is 0 Å². The summed E-state index contributed by atoms with van der Waals surface area (Å²) in [6, 6.07) is 0.667. The van der Waals surface area contributed by atoms with Crippen LogP contribution in [0.3, 0.4) is 0 Å². The summed E-state index contributed by atoms with van der Waals surface area (Å²) in [4.78, 5) is 17.2. The highest BCUT2D eigenvalue weighted by atomic mass is 16.6. The molecule has 0 aromatic rings. The van der Waals surface area contributed by atoms with E-state index in [-0.39, 0.29) is 18.2 Å². The van der Waals surface area contributed by atoms with Crippen LogP contribution in [0.1, 0.15) is 64.2 Å². The molecule has 8 aliphatic rings. The van der Waals surface area contributed by atoms with Crippen molar-refractivity contribution in [2.24, 2.45) is 58.1 Å². The van der Waals surface area contributed by atoms with Crippen molar-refractivity contribution in [3.63, 3.8) is 0 Å². The van der Waals surface area contributed by atoms with Gasteiger partial charge in [-0.3, -0.25) is 0 Å². The molecule has 0 aliphatic heterocycles. The second kappa shape index (κ2) is 6.12. The predicted octanol–water partition coefficient (Wildman–Crippen LogP) is 3.68. The van der Waals surface area contributed by atoms with Crippen LogP contribution in [0.2, 0.25) is 0 Å². The zero-order chi connectivity index (χ0) is 18.1. The monoisotopic (exact) mass is 371 g/mol. The third-order valence-electron chi connectivity index (χ3n) is 9.16. The summed E-state index contributed by atoms with van der Waals surface area (Å²) in [5.74, 6) is 6.28. The number of amides is 1. The molecule has 1 amide bonds. The van der Waals surface area contributed by atoms with Crippen molar-refractivity contribution in [1.29, 1.82) is 0 Å². The van der Waals surface area contributed by atoms with Gasteiger partial charge in [-0.1, -0.05) is 0 Å². The van der Waals surface area contributed by atoms with Crippen LogP contribution in [-0.4, -0.2) is 24.2 Å². The summed E-state index contributed by atoms with van der Waals surface area (Å²) in [6.07, 6.45) is 12.8. The Bertz CT molecular complexity index is 604. The van der Waals surface area contributed by atoms with E-state index in [0.717, 1.165) is 23.7 Å². The van der Waals surface area contributed by atoms with Crippen LogP contribution in [0.15, 0.2) is 4.99 Å². The fourth-order valence-corrected chi connectivity index (χ4v) is 8.70. The van der Waals surface area contributed by atoms with Crippen LogP contribution in [0.4, 0.5) is 4.79 Å². The molecule has 0 spiro atoms. The van der Waals surface area contributed by atoms with E-state index in [2.05, 4.69) is 5.32 Å². The van der Waals surface area contributed by atoms with Gasteiger partial charge in [-0.05, 0) is 112 Å². The number of nitrogens with zero attached hydrogens (tertiary/aromatic N) is 1. The molecule has 8 aliphatic carbocycles. The minimum atomic E-state index is -0.377. The van der Waals surface area contributed by atoms with E-state index in [1.165, 1.54) is 64.2 Å². The van der Waals surface area contributed by atoms with Crippen LogP contribution in [0.5, 0.6) is 0 Å². The van der Waals surface area contributed by atoms with Crippen LogP contribution in [-0.2, 0) is 4.74 Å². The minimum absolute atomic E-state index is 0.0915. The second-order valence-electron chi connectivity index (χ2n) is 10.9. The number of ether oxygens (including phenoxy) is 1. The van der Waals surface area contributed by atoms with Crippen LogP contribution in [0.25, 0.3) is 0 Å². The smallest absolute Gasteiger partial charge is 0.376 e. The molecule has 8 saturated carbocycles. The van der Waals surface area contributed by atoms with Crippen molar-refractivity contribution < 1.29 is 9.53 Å². The average molecular weight is 372 g/mol. The van der Waals surface area contributed by atoms with Crippen molar-refractivity contribution in [1.82, 2.24) is 5.32 Å². The topological polar surface area (TPSA) is 76.7 Å². The first-order valence-electron chi connectivity index (χ1n) is 11.4. The lowest BCUT2D eigenvalue weighted by Crippen LogP contribution is -2.56. The predicted molar refractivity (Wildman–Crippen MR) is 103 cm³/mol. The van der Waals surface area contributed by atoms with Gasteiger partial charge in [-0.25, -0.2) is 9.79 Å². The largest absolute Gasteiger partial charge is 0.415 e. The zero-order valence-corrected chi connectivity index (χ0v) is 16.2. The van der Waals surface area contributed by atoms with E-state index in [0.29, 0.717) is 29.7 Å². The van der Waals surface area contributed by atoms with Crippen molar-refractivity contribution in [3.05, 3.63) is 0 Å². The van der Waals surface area contributed by atoms with Crippen LogP contribution < -0.4 is 11.1 Å². The quantitative estimate of drug-likeness (QED) is 0.574. The summed E-state index contributed by atoms with van der Waals surface area (Å²) in [6.45, 7) is 0. The molecule has 0 aromatic heterocycles.